The van der Waals surface area contributed by atoms with Gasteiger partial charge < -0.3 is 10.1 Å². The second kappa shape index (κ2) is 8.34. The third-order valence-electron chi connectivity index (χ3n) is 4.73. The molecule has 1 aliphatic heterocycles. The van der Waals surface area contributed by atoms with Crippen LogP contribution in [0.3, 0.4) is 0 Å². The van der Waals surface area contributed by atoms with Gasteiger partial charge in [-0.2, -0.15) is 10.4 Å². The number of carbonyl (C=O) groups is 1. The second-order valence-corrected chi connectivity index (χ2v) is 9.12. The lowest BCUT2D eigenvalue weighted by molar-refractivity contribution is -0.115. The minimum Gasteiger partial charge on any atom is -0.497 e. The number of rotatable bonds is 5. The van der Waals surface area contributed by atoms with Gasteiger partial charge in [-0.1, -0.05) is 24.8 Å². The fourth-order valence-electron chi connectivity index (χ4n) is 3.16. The van der Waals surface area contributed by atoms with Crippen LogP contribution in [-0.2, 0) is 4.79 Å². The zero-order valence-corrected chi connectivity index (χ0v) is 17.5. The predicted molar refractivity (Wildman–Crippen MR) is 122 cm³/mol. The van der Waals surface area contributed by atoms with Crippen molar-refractivity contribution in [3.63, 3.8) is 0 Å². The van der Waals surface area contributed by atoms with E-state index < -0.39 is 15.9 Å². The van der Waals surface area contributed by atoms with Crippen molar-refractivity contribution in [2.45, 2.75) is 4.90 Å². The Morgan fingerprint density at radius 1 is 1.23 bits per heavy atom. The number of thiocyanates is 1. The van der Waals surface area contributed by atoms with E-state index in [4.69, 9.17) is 9.84 Å². The van der Waals surface area contributed by atoms with E-state index in [1.54, 1.807) is 23.4 Å². The molecule has 1 amide bonds. The molecule has 1 atom stereocenters. The molecule has 0 radical (unpaired) electrons. The normalized spacial score (nSPS) is 19.0. The Labute approximate surface area is 181 Å². The number of nitrogens with one attached hydrogen (secondary N) is 1. The van der Waals surface area contributed by atoms with Crippen LogP contribution in [0.4, 0.5) is 0 Å². The number of methoxy groups -OCH3 is 1. The average Bonchev–Trinajstić information content (AvgIpc) is 3.45. The number of benzene rings is 2. The molecular weight excluding hydrogens is 410 g/mol. The van der Waals surface area contributed by atoms with Gasteiger partial charge in [0, 0.05) is 18.0 Å². The van der Waals surface area contributed by atoms with Crippen LogP contribution in [0.1, 0.15) is 0 Å². The lowest BCUT2D eigenvalue weighted by atomic mass is 10.1. The molecule has 0 saturated carbocycles. The van der Waals surface area contributed by atoms with E-state index >= 15 is 0 Å². The molecule has 2 heterocycles. The fraction of sp³-hybridized carbons (Fsp3) is 0.0435. The summed E-state index contributed by atoms with van der Waals surface area (Å²) in [5, 5.41) is 22.2. The van der Waals surface area contributed by atoms with Gasteiger partial charge in [-0.05, 0) is 57.9 Å². The minimum atomic E-state index is -2.42. The Bertz CT molecular complexity index is 1240. The number of carbonyl (C=O) groups excluding carboxylic acids is 1. The summed E-state index contributed by atoms with van der Waals surface area (Å²) >= 11 is 0. The number of nitriles is 1. The molecule has 31 heavy (non-hydrogen) atoms. The first-order chi connectivity index (χ1) is 15.1. The molecule has 1 unspecified atom stereocenters. The molecule has 0 saturated heterocycles. The SMILES string of the molecule is C=CC(=O)NC1=NC=CS1(C#N)c1cn(-c2ccccc2)nc1-c1ccc(OC)cc1. The van der Waals surface area contributed by atoms with Gasteiger partial charge in [0.1, 0.15) is 16.8 Å². The predicted octanol–water partition coefficient (Wildman–Crippen LogP) is 4.34. The van der Waals surface area contributed by atoms with Crippen molar-refractivity contribution in [3.05, 3.63) is 85.1 Å². The number of amidine groups is 1. The molecule has 0 fully saturated rings. The standard InChI is InChI=1S/C23H19N5O2S/c1-3-21(29)26-23-25-13-14-31(23,16-24)20-15-28(18-7-5-4-6-8-18)27-22(20)17-9-11-19(30-2)12-10-17/h3-15H,1H2,2H3,(H,25,26,29). The molecule has 0 aliphatic carbocycles. The molecule has 154 valence electrons. The van der Waals surface area contributed by atoms with E-state index in [0.29, 0.717) is 15.8 Å². The van der Waals surface area contributed by atoms with Gasteiger partial charge in [0.25, 0.3) is 0 Å². The fourth-order valence-corrected chi connectivity index (χ4v) is 5.35. The summed E-state index contributed by atoms with van der Waals surface area (Å²) in [4.78, 5) is 17.0. The Morgan fingerprint density at radius 2 is 1.97 bits per heavy atom. The first-order valence-electron chi connectivity index (χ1n) is 9.33. The largest absolute Gasteiger partial charge is 0.497 e. The van der Waals surface area contributed by atoms with E-state index in [2.05, 4.69) is 22.3 Å². The van der Waals surface area contributed by atoms with Crippen molar-refractivity contribution in [1.82, 2.24) is 15.1 Å². The van der Waals surface area contributed by atoms with Crippen molar-refractivity contribution in [2.75, 3.05) is 7.11 Å². The molecule has 0 bridgehead atoms. The molecule has 4 rings (SSSR count). The Kier molecular flexibility index (Phi) is 5.43. The number of para-hydroxylation sites is 1. The van der Waals surface area contributed by atoms with Crippen LogP contribution in [0.25, 0.3) is 16.9 Å². The Hall–Kier alpha value is -4.09. The molecule has 8 heteroatoms. The van der Waals surface area contributed by atoms with Gasteiger partial charge in [0.05, 0.1) is 17.7 Å². The number of aromatic nitrogens is 2. The number of hydrogen-bond donors (Lipinski definition) is 1. The maximum absolute atomic E-state index is 12.0. The van der Waals surface area contributed by atoms with Crippen molar-refractivity contribution < 1.29 is 9.53 Å². The van der Waals surface area contributed by atoms with Crippen LogP contribution in [0, 0.1) is 10.7 Å². The lowest BCUT2D eigenvalue weighted by Crippen LogP contribution is -2.30. The zero-order valence-electron chi connectivity index (χ0n) is 16.7. The molecule has 1 aliphatic rings. The van der Waals surface area contributed by atoms with E-state index in [9.17, 15) is 10.1 Å². The van der Waals surface area contributed by atoms with E-state index in [1.165, 1.54) is 0 Å². The number of nitrogens with zero attached hydrogens (tertiary/aromatic N) is 4. The van der Waals surface area contributed by atoms with Crippen molar-refractivity contribution in [3.8, 4) is 28.1 Å². The third-order valence-corrected chi connectivity index (χ3v) is 7.36. The van der Waals surface area contributed by atoms with Gasteiger partial charge >= 0.3 is 0 Å². The number of aliphatic imine (C=N–C) groups is 1. The summed E-state index contributed by atoms with van der Waals surface area (Å²) in [5.41, 5.74) is 2.31. The molecule has 3 aromatic rings. The van der Waals surface area contributed by atoms with Crippen LogP contribution in [0.5, 0.6) is 5.75 Å². The minimum absolute atomic E-state index is 0.294. The molecule has 1 N–H and O–H groups in total. The average molecular weight is 430 g/mol. The third kappa shape index (κ3) is 3.63. The van der Waals surface area contributed by atoms with Crippen molar-refractivity contribution in [2.24, 2.45) is 4.99 Å². The molecule has 0 spiro atoms. The number of hydrogen-bond acceptors (Lipinski definition) is 5. The lowest BCUT2D eigenvalue weighted by Gasteiger charge is -2.26. The van der Waals surface area contributed by atoms with Crippen LogP contribution in [-0.4, -0.2) is 28.0 Å². The van der Waals surface area contributed by atoms with Crippen molar-refractivity contribution in [1.29, 1.82) is 5.26 Å². The van der Waals surface area contributed by atoms with E-state index in [1.807, 2.05) is 60.8 Å². The van der Waals surface area contributed by atoms with Crippen molar-refractivity contribution >= 4 is 21.1 Å². The second-order valence-electron chi connectivity index (χ2n) is 6.51. The van der Waals surface area contributed by atoms with Crippen LogP contribution >= 0.6 is 10.0 Å². The zero-order chi connectivity index (χ0) is 21.8. The Morgan fingerprint density at radius 3 is 2.61 bits per heavy atom. The summed E-state index contributed by atoms with van der Waals surface area (Å²) in [6.45, 7) is 3.48. The molecule has 1 aromatic heterocycles. The summed E-state index contributed by atoms with van der Waals surface area (Å²) < 4.78 is 7.00. The number of amides is 1. The monoisotopic (exact) mass is 429 g/mol. The molecular formula is C23H19N5O2S. The highest BCUT2D eigenvalue weighted by Crippen LogP contribution is 2.61. The molecule has 7 nitrogen and oxygen atoms in total. The first-order valence-corrected chi connectivity index (χ1v) is 11.0. The summed E-state index contributed by atoms with van der Waals surface area (Å²) in [7, 11) is -0.820. The van der Waals surface area contributed by atoms with E-state index in [-0.39, 0.29) is 0 Å². The van der Waals surface area contributed by atoms with Gasteiger partial charge in [0.2, 0.25) is 5.91 Å². The summed E-state index contributed by atoms with van der Waals surface area (Å²) in [5.74, 6) is 0.299. The summed E-state index contributed by atoms with van der Waals surface area (Å²) in [6, 6.07) is 17.1. The van der Waals surface area contributed by atoms with Gasteiger partial charge in [0.15, 0.2) is 5.17 Å². The topological polar surface area (TPSA) is 92.3 Å². The van der Waals surface area contributed by atoms with E-state index in [0.717, 1.165) is 23.1 Å². The van der Waals surface area contributed by atoms with Gasteiger partial charge in [-0.25, -0.2) is 9.67 Å². The quantitative estimate of drug-likeness (QED) is 0.482. The highest BCUT2D eigenvalue weighted by Gasteiger charge is 2.38. The number of ether oxygens (including phenoxy) is 1. The maximum atomic E-state index is 12.0. The van der Waals surface area contributed by atoms with Crippen LogP contribution < -0.4 is 10.1 Å². The van der Waals surface area contributed by atoms with Crippen LogP contribution in [0.15, 0.2) is 94.9 Å². The highest BCUT2D eigenvalue weighted by molar-refractivity contribution is 8.51. The summed E-state index contributed by atoms with van der Waals surface area (Å²) in [6.07, 6.45) is 4.54. The smallest absolute Gasteiger partial charge is 0.249 e. The molecule has 2 aromatic carbocycles. The Balaban J connectivity index is 1.91. The maximum Gasteiger partial charge on any atom is 0.249 e. The van der Waals surface area contributed by atoms with Gasteiger partial charge in [-0.3, -0.25) is 4.79 Å². The first kappa shape index (κ1) is 20.2. The van der Waals surface area contributed by atoms with Gasteiger partial charge in [-0.15, -0.1) is 0 Å². The highest BCUT2D eigenvalue weighted by atomic mass is 32.3. The van der Waals surface area contributed by atoms with Crippen LogP contribution in [0.2, 0.25) is 0 Å².